The molecule has 2 heterocycles. The van der Waals surface area contributed by atoms with E-state index in [1.54, 1.807) is 12.1 Å². The number of nitrogens with zero attached hydrogens (tertiary/aromatic N) is 1. The van der Waals surface area contributed by atoms with Crippen LogP contribution in [-0.4, -0.2) is 28.6 Å². The third kappa shape index (κ3) is 3.40. The maximum Gasteiger partial charge on any atom is 0.335 e. The first-order valence-corrected chi connectivity index (χ1v) is 7.30. The van der Waals surface area contributed by atoms with Gasteiger partial charge in [-0.05, 0) is 30.5 Å². The van der Waals surface area contributed by atoms with Crippen LogP contribution < -0.4 is 5.32 Å². The molecule has 120 valence electrons. The van der Waals surface area contributed by atoms with Crippen molar-refractivity contribution in [3.8, 4) is 0 Å². The first-order valence-electron chi connectivity index (χ1n) is 7.30. The smallest absolute Gasteiger partial charge is 0.335 e. The molecule has 2 aromatic rings. The first kappa shape index (κ1) is 15.2. The quantitative estimate of drug-likeness (QED) is 0.876. The molecule has 1 aliphatic heterocycles. The van der Waals surface area contributed by atoms with Crippen LogP contribution in [0.3, 0.4) is 0 Å². The molecule has 1 aromatic carbocycles. The summed E-state index contributed by atoms with van der Waals surface area (Å²) in [6.45, 7) is 0.853. The third-order valence-corrected chi connectivity index (χ3v) is 3.66. The van der Waals surface area contributed by atoms with Gasteiger partial charge in [-0.3, -0.25) is 4.79 Å². The number of amides is 1. The van der Waals surface area contributed by atoms with E-state index < -0.39 is 5.97 Å². The lowest BCUT2D eigenvalue weighted by atomic mass is 10.1. The predicted octanol–water partition coefficient (Wildman–Crippen LogP) is 2.15. The van der Waals surface area contributed by atoms with Gasteiger partial charge in [-0.25, -0.2) is 9.78 Å². The topological polar surface area (TPSA) is 102 Å². The van der Waals surface area contributed by atoms with Crippen molar-refractivity contribution >= 4 is 11.9 Å². The number of carbonyl (C=O) groups excluding carboxylic acids is 1. The zero-order valence-electron chi connectivity index (χ0n) is 12.3. The molecule has 1 fully saturated rings. The maximum atomic E-state index is 12.3. The Hall–Kier alpha value is -2.67. The molecule has 0 saturated carbocycles. The number of ether oxygens (including phenoxy) is 1. The number of hydrogen-bond acceptors (Lipinski definition) is 5. The van der Waals surface area contributed by atoms with E-state index in [-0.39, 0.29) is 29.8 Å². The van der Waals surface area contributed by atoms with Crippen molar-refractivity contribution in [2.24, 2.45) is 0 Å². The third-order valence-electron chi connectivity index (χ3n) is 3.66. The van der Waals surface area contributed by atoms with Crippen LogP contribution in [0.4, 0.5) is 0 Å². The lowest BCUT2D eigenvalue weighted by Crippen LogP contribution is -2.24. The maximum absolute atomic E-state index is 12.3. The lowest BCUT2D eigenvalue weighted by molar-refractivity contribution is 0.0696. The number of carbonyl (C=O) groups is 2. The summed E-state index contributed by atoms with van der Waals surface area (Å²) in [5.74, 6) is -0.931. The fourth-order valence-electron chi connectivity index (χ4n) is 2.52. The van der Waals surface area contributed by atoms with E-state index in [4.69, 9.17) is 14.3 Å². The van der Waals surface area contributed by atoms with Gasteiger partial charge in [-0.15, -0.1) is 0 Å². The summed E-state index contributed by atoms with van der Waals surface area (Å²) in [6.07, 6.45) is 2.73. The molecule has 1 amide bonds. The summed E-state index contributed by atoms with van der Waals surface area (Å²) in [5.41, 5.74) is 1.09. The average molecular weight is 316 g/mol. The fraction of sp³-hybridized carbons (Fsp3) is 0.312. The number of benzene rings is 1. The van der Waals surface area contributed by atoms with Crippen molar-refractivity contribution < 1.29 is 23.8 Å². The molecule has 1 unspecified atom stereocenters. The number of aromatic nitrogens is 1. The van der Waals surface area contributed by atoms with Crippen molar-refractivity contribution in [3.63, 3.8) is 0 Å². The van der Waals surface area contributed by atoms with Crippen LogP contribution in [0.2, 0.25) is 0 Å². The molecule has 1 atom stereocenters. The molecule has 0 aliphatic carbocycles. The highest BCUT2D eigenvalue weighted by Gasteiger charge is 2.27. The van der Waals surface area contributed by atoms with Gasteiger partial charge in [0.25, 0.3) is 5.91 Å². The van der Waals surface area contributed by atoms with Gasteiger partial charge in [0.2, 0.25) is 0 Å². The van der Waals surface area contributed by atoms with Gasteiger partial charge >= 0.3 is 5.97 Å². The molecule has 2 N–H and O–H groups in total. The van der Waals surface area contributed by atoms with Gasteiger partial charge in [0, 0.05) is 13.2 Å². The highest BCUT2D eigenvalue weighted by atomic mass is 16.5. The van der Waals surface area contributed by atoms with Crippen LogP contribution >= 0.6 is 0 Å². The minimum atomic E-state index is -1.00. The SMILES string of the molecule is O=C(O)c1cccc(CNC(=O)c2ncoc2C2CCCO2)c1. The van der Waals surface area contributed by atoms with E-state index in [2.05, 4.69) is 10.3 Å². The number of hydrogen-bond donors (Lipinski definition) is 2. The summed E-state index contributed by atoms with van der Waals surface area (Å²) in [7, 11) is 0. The van der Waals surface area contributed by atoms with Gasteiger partial charge in [-0.1, -0.05) is 12.1 Å². The van der Waals surface area contributed by atoms with Crippen molar-refractivity contribution in [3.05, 3.63) is 53.2 Å². The molecule has 1 aromatic heterocycles. The Morgan fingerprint density at radius 3 is 3.00 bits per heavy atom. The molecular weight excluding hydrogens is 300 g/mol. The number of carboxylic acids is 1. The molecular formula is C16H16N2O5. The van der Waals surface area contributed by atoms with Crippen LogP contribution in [0.5, 0.6) is 0 Å². The number of aromatic carboxylic acids is 1. The van der Waals surface area contributed by atoms with Gasteiger partial charge in [0.05, 0.1) is 5.56 Å². The van der Waals surface area contributed by atoms with E-state index in [9.17, 15) is 9.59 Å². The Kier molecular flexibility index (Phi) is 4.38. The van der Waals surface area contributed by atoms with E-state index in [1.807, 2.05) is 0 Å². The molecule has 3 rings (SSSR count). The zero-order chi connectivity index (χ0) is 16.2. The highest BCUT2D eigenvalue weighted by molar-refractivity contribution is 5.93. The Morgan fingerprint density at radius 1 is 1.39 bits per heavy atom. The molecule has 1 saturated heterocycles. The zero-order valence-corrected chi connectivity index (χ0v) is 12.3. The second kappa shape index (κ2) is 6.62. The second-order valence-corrected chi connectivity index (χ2v) is 5.26. The molecule has 1 aliphatic rings. The normalized spacial score (nSPS) is 17.1. The van der Waals surface area contributed by atoms with Gasteiger partial charge < -0.3 is 19.6 Å². The first-order chi connectivity index (χ1) is 11.1. The summed E-state index contributed by atoms with van der Waals surface area (Å²) in [6, 6.07) is 6.41. The number of oxazole rings is 1. The van der Waals surface area contributed by atoms with Gasteiger partial charge in [0.1, 0.15) is 6.10 Å². The van der Waals surface area contributed by atoms with E-state index >= 15 is 0 Å². The monoisotopic (exact) mass is 316 g/mol. The molecule has 0 spiro atoms. The average Bonchev–Trinajstić information content (AvgIpc) is 3.23. The van der Waals surface area contributed by atoms with Crippen LogP contribution in [0.15, 0.2) is 35.1 Å². The van der Waals surface area contributed by atoms with E-state index in [0.29, 0.717) is 17.9 Å². The van der Waals surface area contributed by atoms with Gasteiger partial charge in [-0.2, -0.15) is 0 Å². The fourth-order valence-corrected chi connectivity index (χ4v) is 2.52. The Balaban J connectivity index is 1.67. The Labute approximate surface area is 132 Å². The minimum Gasteiger partial charge on any atom is -0.478 e. The summed E-state index contributed by atoms with van der Waals surface area (Å²) in [5, 5.41) is 11.7. The predicted molar refractivity (Wildman–Crippen MR) is 79.0 cm³/mol. The summed E-state index contributed by atoms with van der Waals surface area (Å²) >= 11 is 0. The van der Waals surface area contributed by atoms with Crippen LogP contribution in [0.25, 0.3) is 0 Å². The second-order valence-electron chi connectivity index (χ2n) is 5.26. The van der Waals surface area contributed by atoms with Crippen molar-refractivity contribution in [2.45, 2.75) is 25.5 Å². The van der Waals surface area contributed by atoms with Crippen LogP contribution in [-0.2, 0) is 11.3 Å². The van der Waals surface area contributed by atoms with Crippen molar-refractivity contribution in [1.29, 1.82) is 0 Å². The van der Waals surface area contributed by atoms with E-state index in [0.717, 1.165) is 12.8 Å². The largest absolute Gasteiger partial charge is 0.478 e. The summed E-state index contributed by atoms with van der Waals surface area (Å²) in [4.78, 5) is 27.2. The van der Waals surface area contributed by atoms with Gasteiger partial charge in [0.15, 0.2) is 17.8 Å². The Morgan fingerprint density at radius 2 is 2.26 bits per heavy atom. The molecule has 23 heavy (non-hydrogen) atoms. The van der Waals surface area contributed by atoms with Crippen LogP contribution in [0, 0.1) is 0 Å². The minimum absolute atomic E-state index is 0.179. The highest BCUT2D eigenvalue weighted by Crippen LogP contribution is 2.30. The number of rotatable bonds is 5. The molecule has 7 nitrogen and oxygen atoms in total. The van der Waals surface area contributed by atoms with E-state index in [1.165, 1.54) is 18.5 Å². The Bertz CT molecular complexity index is 719. The lowest BCUT2D eigenvalue weighted by Gasteiger charge is -2.08. The molecule has 0 bridgehead atoms. The number of carboxylic acid groups (broad SMARTS) is 1. The molecule has 7 heteroatoms. The number of nitrogens with one attached hydrogen (secondary N) is 1. The standard InChI is InChI=1S/C16H16N2O5/c19-15(13-14(23-9-18-13)12-5-2-6-22-12)17-8-10-3-1-4-11(7-10)16(20)21/h1,3-4,7,9,12H,2,5-6,8H2,(H,17,19)(H,20,21). The molecule has 0 radical (unpaired) electrons. The van der Waals surface area contributed by atoms with Crippen molar-refractivity contribution in [1.82, 2.24) is 10.3 Å². The van der Waals surface area contributed by atoms with Crippen molar-refractivity contribution in [2.75, 3.05) is 6.61 Å². The summed E-state index contributed by atoms with van der Waals surface area (Å²) < 4.78 is 10.8. The van der Waals surface area contributed by atoms with Crippen LogP contribution in [0.1, 0.15) is 51.1 Å².